The number of hydrogen-bond acceptors (Lipinski definition) is 3. The lowest BCUT2D eigenvalue weighted by atomic mass is 9.99. The standard InChI is InChI=1S/C12H24N2O2/c1-11-4-7-14(8-5-11)9-6-13-12(16)3-2-10-15/h11,15H,2-10H2,1H3,(H,13,16). The Morgan fingerprint density at radius 1 is 1.44 bits per heavy atom. The first-order valence-electron chi connectivity index (χ1n) is 6.32. The molecule has 1 heterocycles. The molecule has 1 saturated heterocycles. The Kier molecular flexibility index (Phi) is 6.42. The molecule has 0 unspecified atom stereocenters. The van der Waals surface area contributed by atoms with Gasteiger partial charge in [0.2, 0.25) is 5.91 Å². The van der Waals surface area contributed by atoms with E-state index in [0.29, 0.717) is 12.8 Å². The minimum atomic E-state index is 0.0550. The van der Waals surface area contributed by atoms with Crippen molar-refractivity contribution in [1.82, 2.24) is 10.2 Å². The number of likely N-dealkylation sites (tertiary alicyclic amines) is 1. The van der Waals surface area contributed by atoms with Gasteiger partial charge in [0, 0.05) is 26.1 Å². The lowest BCUT2D eigenvalue weighted by Crippen LogP contribution is -2.39. The van der Waals surface area contributed by atoms with Crippen molar-refractivity contribution in [3.8, 4) is 0 Å². The molecule has 1 rings (SSSR count). The maximum atomic E-state index is 11.3. The van der Waals surface area contributed by atoms with Gasteiger partial charge in [-0.15, -0.1) is 0 Å². The SMILES string of the molecule is CC1CCN(CCNC(=O)CCCO)CC1. The number of carbonyl (C=O) groups excluding carboxylic acids is 1. The van der Waals surface area contributed by atoms with Crippen molar-refractivity contribution in [3.05, 3.63) is 0 Å². The molecule has 1 aliphatic rings. The molecule has 0 saturated carbocycles. The quantitative estimate of drug-likeness (QED) is 0.700. The second-order valence-corrected chi connectivity index (χ2v) is 4.70. The average Bonchev–Trinajstić information content (AvgIpc) is 2.29. The maximum Gasteiger partial charge on any atom is 0.220 e. The van der Waals surface area contributed by atoms with E-state index in [9.17, 15) is 4.79 Å². The van der Waals surface area contributed by atoms with Gasteiger partial charge in [-0.3, -0.25) is 4.79 Å². The molecular formula is C12H24N2O2. The number of carbonyl (C=O) groups is 1. The van der Waals surface area contributed by atoms with Crippen molar-refractivity contribution in [2.75, 3.05) is 32.8 Å². The predicted octanol–water partition coefficient (Wildman–Crippen LogP) is 0.607. The summed E-state index contributed by atoms with van der Waals surface area (Å²) in [6.45, 7) is 6.41. The second kappa shape index (κ2) is 7.63. The topological polar surface area (TPSA) is 52.6 Å². The third kappa shape index (κ3) is 5.47. The summed E-state index contributed by atoms with van der Waals surface area (Å²) in [5.41, 5.74) is 0. The van der Waals surface area contributed by atoms with E-state index < -0.39 is 0 Å². The molecule has 0 radical (unpaired) electrons. The van der Waals surface area contributed by atoms with E-state index in [1.54, 1.807) is 0 Å². The summed E-state index contributed by atoms with van der Waals surface area (Å²) >= 11 is 0. The van der Waals surface area contributed by atoms with Gasteiger partial charge in [-0.05, 0) is 38.3 Å². The third-order valence-electron chi connectivity index (χ3n) is 3.19. The summed E-state index contributed by atoms with van der Waals surface area (Å²) in [4.78, 5) is 13.7. The summed E-state index contributed by atoms with van der Waals surface area (Å²) < 4.78 is 0. The fraction of sp³-hybridized carbons (Fsp3) is 0.917. The average molecular weight is 228 g/mol. The van der Waals surface area contributed by atoms with E-state index >= 15 is 0 Å². The number of piperidine rings is 1. The van der Waals surface area contributed by atoms with Crippen LogP contribution in [0.4, 0.5) is 0 Å². The van der Waals surface area contributed by atoms with Crippen LogP contribution in [0.5, 0.6) is 0 Å². The summed E-state index contributed by atoms with van der Waals surface area (Å²) in [5.74, 6) is 0.912. The Labute approximate surface area is 98.0 Å². The van der Waals surface area contributed by atoms with E-state index in [4.69, 9.17) is 5.11 Å². The molecule has 0 aromatic heterocycles. The Morgan fingerprint density at radius 2 is 2.12 bits per heavy atom. The van der Waals surface area contributed by atoms with E-state index in [1.165, 1.54) is 12.8 Å². The number of nitrogens with zero attached hydrogens (tertiary/aromatic N) is 1. The smallest absolute Gasteiger partial charge is 0.220 e. The maximum absolute atomic E-state index is 11.3. The molecule has 4 nitrogen and oxygen atoms in total. The van der Waals surface area contributed by atoms with Gasteiger partial charge in [0.15, 0.2) is 0 Å². The molecule has 0 spiro atoms. The summed E-state index contributed by atoms with van der Waals surface area (Å²) in [6, 6.07) is 0. The highest BCUT2D eigenvalue weighted by molar-refractivity contribution is 5.75. The number of rotatable bonds is 6. The van der Waals surface area contributed by atoms with Gasteiger partial charge in [0.25, 0.3) is 0 Å². The Hall–Kier alpha value is -0.610. The number of amides is 1. The van der Waals surface area contributed by atoms with E-state index in [1.807, 2.05) is 0 Å². The van der Waals surface area contributed by atoms with Crippen molar-refractivity contribution < 1.29 is 9.90 Å². The first-order chi connectivity index (χ1) is 7.72. The van der Waals surface area contributed by atoms with Gasteiger partial charge in [-0.1, -0.05) is 6.92 Å². The van der Waals surface area contributed by atoms with Crippen LogP contribution in [0.25, 0.3) is 0 Å². The molecule has 2 N–H and O–H groups in total. The van der Waals surface area contributed by atoms with E-state index in [2.05, 4.69) is 17.1 Å². The first-order valence-corrected chi connectivity index (χ1v) is 6.32. The molecule has 94 valence electrons. The summed E-state index contributed by atoms with van der Waals surface area (Å²) in [5, 5.41) is 11.5. The van der Waals surface area contributed by atoms with Crippen LogP contribution in [-0.2, 0) is 4.79 Å². The number of aliphatic hydroxyl groups is 1. The number of hydrogen-bond donors (Lipinski definition) is 2. The van der Waals surface area contributed by atoms with Crippen molar-refractivity contribution in [1.29, 1.82) is 0 Å². The lowest BCUT2D eigenvalue weighted by Gasteiger charge is -2.30. The first kappa shape index (κ1) is 13.5. The molecule has 1 fully saturated rings. The monoisotopic (exact) mass is 228 g/mol. The molecule has 16 heavy (non-hydrogen) atoms. The Bertz CT molecular complexity index is 201. The molecule has 0 atom stereocenters. The summed E-state index contributed by atoms with van der Waals surface area (Å²) in [6.07, 6.45) is 3.55. The molecule has 0 aliphatic carbocycles. The van der Waals surface area contributed by atoms with Crippen LogP contribution in [0.1, 0.15) is 32.6 Å². The second-order valence-electron chi connectivity index (χ2n) is 4.70. The molecule has 4 heteroatoms. The molecule has 0 aromatic carbocycles. The molecule has 0 bridgehead atoms. The van der Waals surface area contributed by atoms with Crippen LogP contribution in [0.3, 0.4) is 0 Å². The van der Waals surface area contributed by atoms with Crippen molar-refractivity contribution in [3.63, 3.8) is 0 Å². The van der Waals surface area contributed by atoms with Crippen LogP contribution in [0, 0.1) is 5.92 Å². The fourth-order valence-corrected chi connectivity index (χ4v) is 1.97. The van der Waals surface area contributed by atoms with Gasteiger partial charge >= 0.3 is 0 Å². The zero-order valence-electron chi connectivity index (χ0n) is 10.2. The zero-order chi connectivity index (χ0) is 11.8. The van der Waals surface area contributed by atoms with Gasteiger partial charge in [0.1, 0.15) is 0 Å². The Morgan fingerprint density at radius 3 is 2.75 bits per heavy atom. The van der Waals surface area contributed by atoms with Crippen LogP contribution < -0.4 is 5.32 Å². The van der Waals surface area contributed by atoms with E-state index in [0.717, 1.165) is 32.1 Å². The van der Waals surface area contributed by atoms with Crippen LogP contribution in [0.15, 0.2) is 0 Å². The highest BCUT2D eigenvalue weighted by Crippen LogP contribution is 2.14. The third-order valence-corrected chi connectivity index (χ3v) is 3.19. The largest absolute Gasteiger partial charge is 0.396 e. The minimum Gasteiger partial charge on any atom is -0.396 e. The fourth-order valence-electron chi connectivity index (χ4n) is 1.97. The predicted molar refractivity (Wildman–Crippen MR) is 64.2 cm³/mol. The van der Waals surface area contributed by atoms with Gasteiger partial charge in [-0.2, -0.15) is 0 Å². The van der Waals surface area contributed by atoms with E-state index in [-0.39, 0.29) is 12.5 Å². The number of aliphatic hydroxyl groups excluding tert-OH is 1. The molecule has 0 aromatic rings. The van der Waals surface area contributed by atoms with Crippen LogP contribution in [0.2, 0.25) is 0 Å². The Balaban J connectivity index is 2.00. The molecular weight excluding hydrogens is 204 g/mol. The van der Waals surface area contributed by atoms with Crippen molar-refractivity contribution >= 4 is 5.91 Å². The highest BCUT2D eigenvalue weighted by Gasteiger charge is 2.14. The molecule has 1 aliphatic heterocycles. The van der Waals surface area contributed by atoms with Crippen LogP contribution >= 0.6 is 0 Å². The van der Waals surface area contributed by atoms with Gasteiger partial charge in [0.05, 0.1) is 0 Å². The van der Waals surface area contributed by atoms with Gasteiger partial charge in [-0.25, -0.2) is 0 Å². The minimum absolute atomic E-state index is 0.0550. The highest BCUT2D eigenvalue weighted by atomic mass is 16.3. The lowest BCUT2D eigenvalue weighted by molar-refractivity contribution is -0.121. The summed E-state index contributed by atoms with van der Waals surface area (Å²) in [7, 11) is 0. The van der Waals surface area contributed by atoms with Gasteiger partial charge < -0.3 is 15.3 Å². The number of nitrogens with one attached hydrogen (secondary N) is 1. The molecule has 1 amide bonds. The zero-order valence-corrected chi connectivity index (χ0v) is 10.2. The van der Waals surface area contributed by atoms with Crippen molar-refractivity contribution in [2.24, 2.45) is 5.92 Å². The normalized spacial score (nSPS) is 18.6. The van der Waals surface area contributed by atoms with Crippen molar-refractivity contribution in [2.45, 2.75) is 32.6 Å². The van der Waals surface area contributed by atoms with Crippen LogP contribution in [-0.4, -0.2) is 48.7 Å².